The van der Waals surface area contributed by atoms with Gasteiger partial charge in [0.2, 0.25) is 0 Å². The smallest absolute Gasteiger partial charge is 0.274 e. The minimum atomic E-state index is -0.219. The Morgan fingerprint density at radius 1 is 1.56 bits per heavy atom. The molecule has 0 saturated carbocycles. The maximum Gasteiger partial charge on any atom is 0.274 e. The Balaban J connectivity index is 2.76. The van der Waals surface area contributed by atoms with Crippen LogP contribution in [0.3, 0.4) is 0 Å². The highest BCUT2D eigenvalue weighted by molar-refractivity contribution is 5.92. The number of carbonyl (C=O) groups excluding carboxylic acids is 1. The number of nitrogens with zero attached hydrogens (tertiary/aromatic N) is 4. The summed E-state index contributed by atoms with van der Waals surface area (Å²) in [5, 5.41) is 11.4. The van der Waals surface area contributed by atoms with Crippen molar-refractivity contribution < 1.29 is 10.0 Å². The molecule has 0 unspecified atom stereocenters. The van der Waals surface area contributed by atoms with Crippen molar-refractivity contribution in [2.24, 2.45) is 10.9 Å². The van der Waals surface area contributed by atoms with Crippen LogP contribution in [-0.2, 0) is 0 Å². The second kappa shape index (κ2) is 6.53. The van der Waals surface area contributed by atoms with E-state index in [1.807, 2.05) is 13.8 Å². The Morgan fingerprint density at radius 3 is 2.78 bits per heavy atom. The molecule has 1 amide bonds. The van der Waals surface area contributed by atoms with Crippen molar-refractivity contribution in [2.75, 3.05) is 6.54 Å². The highest BCUT2D eigenvalue weighted by Gasteiger charge is 2.20. The number of rotatable bonds is 5. The molecule has 0 aliphatic carbocycles. The van der Waals surface area contributed by atoms with Crippen LogP contribution in [0, 0.1) is 0 Å². The van der Waals surface area contributed by atoms with E-state index >= 15 is 0 Å². The second-order valence-electron chi connectivity index (χ2n) is 4.02. The normalized spacial score (nSPS) is 11.6. The van der Waals surface area contributed by atoms with Crippen LogP contribution in [0.5, 0.6) is 0 Å². The molecule has 3 N–H and O–H groups in total. The number of aromatic nitrogens is 2. The van der Waals surface area contributed by atoms with Gasteiger partial charge in [-0.25, -0.2) is 4.98 Å². The van der Waals surface area contributed by atoms with Gasteiger partial charge in [-0.2, -0.15) is 0 Å². The van der Waals surface area contributed by atoms with E-state index in [1.165, 1.54) is 18.6 Å². The molecule has 0 radical (unpaired) electrons. The van der Waals surface area contributed by atoms with Gasteiger partial charge in [0.15, 0.2) is 0 Å². The summed E-state index contributed by atoms with van der Waals surface area (Å²) in [5.74, 6) is -0.128. The SMILES string of the molecule is CC(C)N(CCC(N)=NO)C(=O)c1cnccn1. The molecule has 0 aromatic carbocycles. The summed E-state index contributed by atoms with van der Waals surface area (Å²) in [4.78, 5) is 21.6. The molecule has 0 spiro atoms. The van der Waals surface area contributed by atoms with E-state index in [0.29, 0.717) is 13.0 Å². The Labute approximate surface area is 105 Å². The zero-order chi connectivity index (χ0) is 13.5. The molecule has 0 fully saturated rings. The van der Waals surface area contributed by atoms with Crippen LogP contribution in [0.15, 0.2) is 23.7 Å². The summed E-state index contributed by atoms with van der Waals surface area (Å²) in [7, 11) is 0. The average Bonchev–Trinajstić information content (AvgIpc) is 2.39. The lowest BCUT2D eigenvalue weighted by Crippen LogP contribution is -2.39. The zero-order valence-corrected chi connectivity index (χ0v) is 10.4. The monoisotopic (exact) mass is 251 g/mol. The minimum absolute atomic E-state index is 0.00833. The van der Waals surface area contributed by atoms with Crippen LogP contribution < -0.4 is 5.73 Å². The lowest BCUT2D eigenvalue weighted by molar-refractivity contribution is 0.0704. The summed E-state index contributed by atoms with van der Waals surface area (Å²) < 4.78 is 0. The van der Waals surface area contributed by atoms with Crippen LogP contribution in [0.25, 0.3) is 0 Å². The number of nitrogens with two attached hydrogens (primary N) is 1. The predicted octanol–water partition coefficient (Wildman–Crippen LogP) is 0.464. The fourth-order valence-electron chi connectivity index (χ4n) is 1.44. The largest absolute Gasteiger partial charge is 0.409 e. The first-order valence-electron chi connectivity index (χ1n) is 5.59. The summed E-state index contributed by atoms with van der Waals surface area (Å²) in [6.07, 6.45) is 4.70. The van der Waals surface area contributed by atoms with E-state index in [9.17, 15) is 4.79 Å². The van der Waals surface area contributed by atoms with E-state index in [-0.39, 0.29) is 23.5 Å². The third-order valence-corrected chi connectivity index (χ3v) is 2.40. The molecule has 1 aromatic rings. The Kier molecular flexibility index (Phi) is 5.04. The molecule has 0 bridgehead atoms. The van der Waals surface area contributed by atoms with Crippen LogP contribution in [0.4, 0.5) is 0 Å². The minimum Gasteiger partial charge on any atom is -0.409 e. The standard InChI is InChI=1S/C11H17N5O2/c1-8(2)16(6-3-10(12)15-18)11(17)9-7-13-4-5-14-9/h4-5,7-8,18H,3,6H2,1-2H3,(H2,12,15). The molecule has 18 heavy (non-hydrogen) atoms. The molecule has 1 heterocycles. The first-order chi connectivity index (χ1) is 8.56. The van der Waals surface area contributed by atoms with Gasteiger partial charge in [0.05, 0.1) is 6.20 Å². The van der Waals surface area contributed by atoms with Crippen molar-refractivity contribution in [3.8, 4) is 0 Å². The van der Waals surface area contributed by atoms with Gasteiger partial charge in [0.25, 0.3) is 5.91 Å². The zero-order valence-electron chi connectivity index (χ0n) is 10.4. The molecule has 0 aliphatic heterocycles. The molecule has 0 aliphatic rings. The van der Waals surface area contributed by atoms with Crippen LogP contribution >= 0.6 is 0 Å². The Hall–Kier alpha value is -2.18. The highest BCUT2D eigenvalue weighted by atomic mass is 16.4. The third-order valence-electron chi connectivity index (χ3n) is 2.40. The quantitative estimate of drug-likeness (QED) is 0.342. The van der Waals surface area contributed by atoms with Crippen LogP contribution in [-0.4, -0.2) is 44.4 Å². The van der Waals surface area contributed by atoms with Crippen molar-refractivity contribution in [2.45, 2.75) is 26.3 Å². The summed E-state index contributed by atoms with van der Waals surface area (Å²) in [6, 6.07) is -0.00833. The first kappa shape index (κ1) is 13.9. The van der Waals surface area contributed by atoms with Crippen LogP contribution in [0.2, 0.25) is 0 Å². The van der Waals surface area contributed by atoms with Gasteiger partial charge in [0.1, 0.15) is 11.5 Å². The lowest BCUT2D eigenvalue weighted by atomic mass is 10.2. The maximum atomic E-state index is 12.2. The van der Waals surface area contributed by atoms with Crippen molar-refractivity contribution in [3.05, 3.63) is 24.3 Å². The van der Waals surface area contributed by atoms with Crippen molar-refractivity contribution in [1.82, 2.24) is 14.9 Å². The number of hydrogen-bond donors (Lipinski definition) is 2. The summed E-state index contributed by atoms with van der Waals surface area (Å²) >= 11 is 0. The molecular weight excluding hydrogens is 234 g/mol. The fraction of sp³-hybridized carbons (Fsp3) is 0.455. The number of amides is 1. The lowest BCUT2D eigenvalue weighted by Gasteiger charge is -2.26. The highest BCUT2D eigenvalue weighted by Crippen LogP contribution is 2.06. The van der Waals surface area contributed by atoms with Crippen LogP contribution in [0.1, 0.15) is 30.8 Å². The van der Waals surface area contributed by atoms with Gasteiger partial charge in [-0.1, -0.05) is 5.16 Å². The van der Waals surface area contributed by atoms with Gasteiger partial charge in [-0.3, -0.25) is 9.78 Å². The fourth-order valence-corrected chi connectivity index (χ4v) is 1.44. The average molecular weight is 251 g/mol. The molecule has 1 rings (SSSR count). The van der Waals surface area contributed by atoms with Gasteiger partial charge >= 0.3 is 0 Å². The van der Waals surface area contributed by atoms with E-state index in [4.69, 9.17) is 10.9 Å². The molecule has 0 atom stereocenters. The van der Waals surface area contributed by atoms with E-state index in [2.05, 4.69) is 15.1 Å². The van der Waals surface area contributed by atoms with E-state index in [0.717, 1.165) is 0 Å². The second-order valence-corrected chi connectivity index (χ2v) is 4.02. The predicted molar refractivity (Wildman–Crippen MR) is 66.2 cm³/mol. The molecule has 98 valence electrons. The van der Waals surface area contributed by atoms with Crippen molar-refractivity contribution in [1.29, 1.82) is 0 Å². The van der Waals surface area contributed by atoms with Gasteiger partial charge in [0, 0.05) is 31.4 Å². The number of carbonyl (C=O) groups is 1. The van der Waals surface area contributed by atoms with Crippen molar-refractivity contribution >= 4 is 11.7 Å². The van der Waals surface area contributed by atoms with E-state index < -0.39 is 0 Å². The van der Waals surface area contributed by atoms with Gasteiger partial charge in [-0.15, -0.1) is 0 Å². The summed E-state index contributed by atoms with van der Waals surface area (Å²) in [6.45, 7) is 4.14. The Bertz CT molecular complexity index is 419. The van der Waals surface area contributed by atoms with Gasteiger partial charge < -0.3 is 15.8 Å². The molecule has 0 saturated heterocycles. The van der Waals surface area contributed by atoms with Crippen molar-refractivity contribution in [3.63, 3.8) is 0 Å². The number of hydrogen-bond acceptors (Lipinski definition) is 5. The molecular formula is C11H17N5O2. The first-order valence-corrected chi connectivity index (χ1v) is 5.59. The number of oxime groups is 1. The van der Waals surface area contributed by atoms with Gasteiger partial charge in [-0.05, 0) is 13.8 Å². The molecule has 7 heteroatoms. The third kappa shape index (κ3) is 3.69. The summed E-state index contributed by atoms with van der Waals surface area (Å²) in [5.41, 5.74) is 5.68. The Morgan fingerprint density at radius 2 is 2.28 bits per heavy atom. The van der Waals surface area contributed by atoms with E-state index in [1.54, 1.807) is 4.90 Å². The maximum absolute atomic E-state index is 12.2. The topological polar surface area (TPSA) is 105 Å². The molecule has 1 aromatic heterocycles. The molecule has 7 nitrogen and oxygen atoms in total. The number of amidine groups is 1.